The highest BCUT2D eigenvalue weighted by molar-refractivity contribution is 5.96. The van der Waals surface area contributed by atoms with Crippen molar-refractivity contribution in [3.8, 4) is 5.75 Å². The maximum Gasteiger partial charge on any atom is 0.306 e. The van der Waals surface area contributed by atoms with Crippen molar-refractivity contribution in [2.24, 2.45) is 0 Å². The second-order valence-corrected chi connectivity index (χ2v) is 6.71. The molecular weight excluding hydrogens is 342 g/mol. The fourth-order valence-corrected chi connectivity index (χ4v) is 3.20. The summed E-state index contributed by atoms with van der Waals surface area (Å²) in [5, 5.41) is 0. The molecule has 1 heterocycles. The normalized spacial score (nSPS) is 13.0. The second-order valence-electron chi connectivity index (χ2n) is 6.71. The fourth-order valence-electron chi connectivity index (χ4n) is 3.20. The number of benzene rings is 2. The number of hydrogen-bond donors (Lipinski definition) is 0. The molecule has 0 saturated carbocycles. The SMILES string of the molecule is Cc1cccc(OCCCC(=O)OCC(=O)N2CCCc3ccccc32)c1. The summed E-state index contributed by atoms with van der Waals surface area (Å²) in [4.78, 5) is 26.0. The van der Waals surface area contributed by atoms with Gasteiger partial charge in [-0.05, 0) is 55.5 Å². The van der Waals surface area contributed by atoms with Crippen LogP contribution in [-0.2, 0) is 20.7 Å². The maximum absolute atomic E-state index is 12.4. The number of carbonyl (C=O) groups excluding carboxylic acids is 2. The van der Waals surface area contributed by atoms with Gasteiger partial charge >= 0.3 is 5.97 Å². The lowest BCUT2D eigenvalue weighted by molar-refractivity contribution is -0.148. The summed E-state index contributed by atoms with van der Waals surface area (Å²) < 4.78 is 10.8. The van der Waals surface area contributed by atoms with Crippen LogP contribution in [0.2, 0.25) is 0 Å². The van der Waals surface area contributed by atoms with Gasteiger partial charge in [-0.3, -0.25) is 9.59 Å². The number of anilines is 1. The molecule has 0 saturated heterocycles. The van der Waals surface area contributed by atoms with Crippen LogP contribution in [0.4, 0.5) is 5.69 Å². The number of aryl methyl sites for hydroxylation is 2. The van der Waals surface area contributed by atoms with E-state index in [1.807, 2.05) is 55.5 Å². The van der Waals surface area contributed by atoms with Crippen molar-refractivity contribution in [3.05, 3.63) is 59.7 Å². The molecule has 5 heteroatoms. The number of nitrogens with zero attached hydrogens (tertiary/aromatic N) is 1. The quantitative estimate of drug-likeness (QED) is 0.553. The van der Waals surface area contributed by atoms with Gasteiger partial charge in [-0.2, -0.15) is 0 Å². The fraction of sp³-hybridized carbons (Fsp3) is 0.364. The van der Waals surface area contributed by atoms with E-state index in [2.05, 4.69) is 0 Å². The van der Waals surface area contributed by atoms with Gasteiger partial charge in [0, 0.05) is 18.7 Å². The summed E-state index contributed by atoms with van der Waals surface area (Å²) in [5.74, 6) is 0.246. The van der Waals surface area contributed by atoms with Crippen LogP contribution >= 0.6 is 0 Å². The molecule has 5 nitrogen and oxygen atoms in total. The minimum atomic E-state index is -0.374. The third-order valence-corrected chi connectivity index (χ3v) is 4.55. The van der Waals surface area contributed by atoms with Gasteiger partial charge in [-0.1, -0.05) is 30.3 Å². The lowest BCUT2D eigenvalue weighted by Gasteiger charge is -2.29. The smallest absolute Gasteiger partial charge is 0.306 e. The third-order valence-electron chi connectivity index (χ3n) is 4.55. The summed E-state index contributed by atoms with van der Waals surface area (Å²) in [5.41, 5.74) is 3.22. The average Bonchev–Trinajstić information content (AvgIpc) is 2.69. The Morgan fingerprint density at radius 3 is 2.81 bits per heavy atom. The summed E-state index contributed by atoms with van der Waals surface area (Å²) in [7, 11) is 0. The van der Waals surface area contributed by atoms with E-state index in [1.54, 1.807) is 4.90 Å². The lowest BCUT2D eigenvalue weighted by atomic mass is 10.0. The highest BCUT2D eigenvalue weighted by atomic mass is 16.5. The summed E-state index contributed by atoms with van der Waals surface area (Å²) in [6.45, 7) is 2.89. The van der Waals surface area contributed by atoms with Crippen molar-refractivity contribution >= 4 is 17.6 Å². The topological polar surface area (TPSA) is 55.8 Å². The summed E-state index contributed by atoms with van der Waals surface area (Å²) in [6, 6.07) is 15.7. The number of esters is 1. The molecular formula is C22H25NO4. The van der Waals surface area contributed by atoms with E-state index < -0.39 is 0 Å². The van der Waals surface area contributed by atoms with Crippen molar-refractivity contribution in [1.82, 2.24) is 0 Å². The van der Waals surface area contributed by atoms with E-state index in [0.717, 1.165) is 35.4 Å². The second kappa shape index (κ2) is 9.21. The van der Waals surface area contributed by atoms with Crippen molar-refractivity contribution in [1.29, 1.82) is 0 Å². The van der Waals surface area contributed by atoms with Gasteiger partial charge in [0.15, 0.2) is 6.61 Å². The molecule has 27 heavy (non-hydrogen) atoms. The van der Waals surface area contributed by atoms with Gasteiger partial charge in [0.25, 0.3) is 5.91 Å². The Balaban J connectivity index is 1.39. The number of hydrogen-bond acceptors (Lipinski definition) is 4. The highest BCUT2D eigenvalue weighted by Gasteiger charge is 2.22. The monoisotopic (exact) mass is 367 g/mol. The Morgan fingerprint density at radius 1 is 1.11 bits per heavy atom. The van der Waals surface area contributed by atoms with Crippen LogP contribution < -0.4 is 9.64 Å². The van der Waals surface area contributed by atoms with E-state index in [9.17, 15) is 9.59 Å². The van der Waals surface area contributed by atoms with Crippen LogP contribution in [0.5, 0.6) is 5.75 Å². The Kier molecular flexibility index (Phi) is 6.47. The largest absolute Gasteiger partial charge is 0.494 e. The van der Waals surface area contributed by atoms with E-state index in [0.29, 0.717) is 19.6 Å². The van der Waals surface area contributed by atoms with Crippen LogP contribution in [0, 0.1) is 6.92 Å². The van der Waals surface area contributed by atoms with Crippen LogP contribution in [0.3, 0.4) is 0 Å². The van der Waals surface area contributed by atoms with Gasteiger partial charge in [0.2, 0.25) is 0 Å². The zero-order valence-electron chi connectivity index (χ0n) is 15.6. The molecule has 142 valence electrons. The third kappa shape index (κ3) is 5.33. The number of carbonyl (C=O) groups is 2. The first kappa shape index (κ1) is 19.0. The van der Waals surface area contributed by atoms with E-state index >= 15 is 0 Å². The molecule has 0 unspecified atom stereocenters. The Hall–Kier alpha value is -2.82. The van der Waals surface area contributed by atoms with E-state index in [-0.39, 0.29) is 24.9 Å². The molecule has 2 aromatic rings. The predicted octanol–water partition coefficient (Wildman–Crippen LogP) is 3.68. The maximum atomic E-state index is 12.4. The number of amides is 1. The molecule has 2 aromatic carbocycles. The standard InChI is InChI=1S/C22H25NO4/c1-17-7-4-10-19(15-17)26-14-6-12-22(25)27-16-21(24)23-13-5-9-18-8-2-3-11-20(18)23/h2-4,7-8,10-11,15H,5-6,9,12-14,16H2,1H3. The van der Waals surface area contributed by atoms with E-state index in [4.69, 9.17) is 9.47 Å². The molecule has 0 bridgehead atoms. The zero-order chi connectivity index (χ0) is 19.1. The number of ether oxygens (including phenoxy) is 2. The first-order valence-corrected chi connectivity index (χ1v) is 9.37. The molecule has 0 aromatic heterocycles. The Labute approximate surface area is 159 Å². The number of rotatable bonds is 7. The molecule has 0 atom stereocenters. The molecule has 3 rings (SSSR count). The molecule has 1 aliphatic heterocycles. The zero-order valence-corrected chi connectivity index (χ0v) is 15.6. The lowest BCUT2D eigenvalue weighted by Crippen LogP contribution is -2.38. The van der Waals surface area contributed by atoms with Crippen LogP contribution in [0.1, 0.15) is 30.4 Å². The van der Waals surface area contributed by atoms with Crippen molar-refractivity contribution in [2.45, 2.75) is 32.6 Å². The molecule has 1 amide bonds. The van der Waals surface area contributed by atoms with Gasteiger partial charge in [-0.25, -0.2) is 0 Å². The molecule has 0 aliphatic carbocycles. The van der Waals surface area contributed by atoms with Crippen LogP contribution in [-0.4, -0.2) is 31.6 Å². The molecule has 0 spiro atoms. The summed E-state index contributed by atoms with van der Waals surface area (Å²) >= 11 is 0. The van der Waals surface area contributed by atoms with Crippen molar-refractivity contribution in [2.75, 3.05) is 24.7 Å². The predicted molar refractivity (Wildman–Crippen MR) is 104 cm³/mol. The Morgan fingerprint density at radius 2 is 1.96 bits per heavy atom. The molecule has 0 fully saturated rings. The average molecular weight is 367 g/mol. The first-order chi connectivity index (χ1) is 13.1. The van der Waals surface area contributed by atoms with Gasteiger partial charge in [0.1, 0.15) is 5.75 Å². The molecule has 1 aliphatic rings. The minimum Gasteiger partial charge on any atom is -0.494 e. The van der Waals surface area contributed by atoms with Gasteiger partial charge in [-0.15, -0.1) is 0 Å². The number of fused-ring (bicyclic) bond motifs is 1. The number of para-hydroxylation sites is 1. The van der Waals surface area contributed by atoms with Crippen LogP contribution in [0.25, 0.3) is 0 Å². The van der Waals surface area contributed by atoms with Gasteiger partial charge in [0.05, 0.1) is 6.61 Å². The molecule has 0 radical (unpaired) electrons. The van der Waals surface area contributed by atoms with Crippen molar-refractivity contribution in [3.63, 3.8) is 0 Å². The van der Waals surface area contributed by atoms with Gasteiger partial charge < -0.3 is 14.4 Å². The first-order valence-electron chi connectivity index (χ1n) is 9.37. The molecule has 0 N–H and O–H groups in total. The van der Waals surface area contributed by atoms with Crippen molar-refractivity contribution < 1.29 is 19.1 Å². The Bertz CT molecular complexity index is 802. The van der Waals surface area contributed by atoms with E-state index in [1.165, 1.54) is 0 Å². The summed E-state index contributed by atoms with van der Waals surface area (Å²) in [6.07, 6.45) is 2.68. The minimum absolute atomic E-state index is 0.175. The highest BCUT2D eigenvalue weighted by Crippen LogP contribution is 2.26. The van der Waals surface area contributed by atoms with Crippen LogP contribution in [0.15, 0.2) is 48.5 Å².